The molecule has 1 aromatic heterocycles. The summed E-state index contributed by atoms with van der Waals surface area (Å²) in [5, 5.41) is 2.04. The molecule has 0 atom stereocenters. The van der Waals surface area contributed by atoms with Gasteiger partial charge < -0.3 is 9.47 Å². The molecule has 0 unspecified atom stereocenters. The van der Waals surface area contributed by atoms with Crippen LogP contribution in [0, 0.1) is 0 Å². The average Bonchev–Trinajstić information content (AvgIpc) is 2.92. The highest BCUT2D eigenvalue weighted by atomic mass is 32.1. The molecule has 18 heavy (non-hydrogen) atoms. The Balaban J connectivity index is 1.98. The van der Waals surface area contributed by atoms with E-state index in [4.69, 9.17) is 9.47 Å². The van der Waals surface area contributed by atoms with Crippen LogP contribution in [-0.2, 0) is 6.42 Å². The van der Waals surface area contributed by atoms with Crippen LogP contribution in [0.3, 0.4) is 0 Å². The maximum absolute atomic E-state index is 11.0. The summed E-state index contributed by atoms with van der Waals surface area (Å²) in [6.07, 6.45) is 1.63. The molecule has 0 radical (unpaired) electrons. The Morgan fingerprint density at radius 1 is 1.33 bits per heavy atom. The van der Waals surface area contributed by atoms with Crippen molar-refractivity contribution in [3.05, 3.63) is 46.2 Å². The van der Waals surface area contributed by atoms with E-state index in [1.807, 2.05) is 11.4 Å². The van der Waals surface area contributed by atoms with Crippen LogP contribution in [0.5, 0.6) is 11.5 Å². The number of carbonyl (C=O) groups excluding carboxylic acids is 1. The largest absolute Gasteiger partial charge is 0.497 e. The van der Waals surface area contributed by atoms with Gasteiger partial charge in [0.1, 0.15) is 11.5 Å². The van der Waals surface area contributed by atoms with Gasteiger partial charge in [-0.3, -0.25) is 4.79 Å². The van der Waals surface area contributed by atoms with Gasteiger partial charge in [0.2, 0.25) is 0 Å². The lowest BCUT2D eigenvalue weighted by molar-refractivity contribution is 0.111. The molecule has 1 aromatic carbocycles. The highest BCUT2D eigenvalue weighted by Crippen LogP contribution is 2.23. The SMILES string of the molecule is COc1ccc(OCCc2cccs2)c(C=O)c1. The van der Waals surface area contributed by atoms with Crippen molar-refractivity contribution in [2.24, 2.45) is 0 Å². The summed E-state index contributed by atoms with van der Waals surface area (Å²) < 4.78 is 10.7. The van der Waals surface area contributed by atoms with Crippen LogP contribution in [0.15, 0.2) is 35.7 Å². The lowest BCUT2D eigenvalue weighted by Crippen LogP contribution is -2.02. The number of methoxy groups -OCH3 is 1. The van der Waals surface area contributed by atoms with Gasteiger partial charge in [-0.05, 0) is 29.6 Å². The Hall–Kier alpha value is -1.81. The van der Waals surface area contributed by atoms with Gasteiger partial charge in [0.15, 0.2) is 6.29 Å². The minimum absolute atomic E-state index is 0.514. The number of hydrogen-bond acceptors (Lipinski definition) is 4. The Labute approximate surface area is 110 Å². The molecule has 3 nitrogen and oxygen atoms in total. The molecule has 1 heterocycles. The maximum Gasteiger partial charge on any atom is 0.153 e. The van der Waals surface area contributed by atoms with Crippen molar-refractivity contribution in [1.82, 2.24) is 0 Å². The number of aldehydes is 1. The van der Waals surface area contributed by atoms with Crippen LogP contribution >= 0.6 is 11.3 Å². The quantitative estimate of drug-likeness (QED) is 0.750. The molecule has 0 fully saturated rings. The second kappa shape index (κ2) is 6.21. The third kappa shape index (κ3) is 3.11. The van der Waals surface area contributed by atoms with Crippen molar-refractivity contribution >= 4 is 17.6 Å². The van der Waals surface area contributed by atoms with E-state index in [0.29, 0.717) is 23.7 Å². The molecule has 0 amide bonds. The highest BCUT2D eigenvalue weighted by molar-refractivity contribution is 7.09. The Bertz CT molecular complexity index is 506. The van der Waals surface area contributed by atoms with Gasteiger partial charge in [-0.25, -0.2) is 0 Å². The molecular formula is C14H14O3S. The van der Waals surface area contributed by atoms with Crippen LogP contribution < -0.4 is 9.47 Å². The Kier molecular flexibility index (Phi) is 4.36. The molecule has 0 aliphatic carbocycles. The van der Waals surface area contributed by atoms with Crippen molar-refractivity contribution < 1.29 is 14.3 Å². The lowest BCUT2D eigenvalue weighted by Gasteiger charge is -2.09. The molecule has 0 N–H and O–H groups in total. The van der Waals surface area contributed by atoms with E-state index in [-0.39, 0.29) is 0 Å². The van der Waals surface area contributed by atoms with Crippen molar-refractivity contribution in [2.75, 3.05) is 13.7 Å². The molecular weight excluding hydrogens is 248 g/mol. The average molecular weight is 262 g/mol. The molecule has 2 aromatic rings. The molecule has 0 spiro atoms. The number of hydrogen-bond donors (Lipinski definition) is 0. The summed E-state index contributed by atoms with van der Waals surface area (Å²) >= 11 is 1.70. The van der Waals surface area contributed by atoms with Gasteiger partial charge in [0, 0.05) is 11.3 Å². The second-order valence-corrected chi connectivity index (χ2v) is 4.73. The van der Waals surface area contributed by atoms with Crippen molar-refractivity contribution in [3.8, 4) is 11.5 Å². The van der Waals surface area contributed by atoms with Gasteiger partial charge in [-0.2, -0.15) is 0 Å². The van der Waals surface area contributed by atoms with E-state index in [1.54, 1.807) is 36.6 Å². The summed E-state index contributed by atoms with van der Waals surface area (Å²) in [5.74, 6) is 1.25. The lowest BCUT2D eigenvalue weighted by atomic mass is 10.2. The zero-order valence-corrected chi connectivity index (χ0v) is 10.9. The standard InChI is InChI=1S/C14H14O3S/c1-16-12-4-5-14(11(9-12)10-15)17-7-6-13-3-2-8-18-13/h2-5,8-10H,6-7H2,1H3. The minimum Gasteiger partial charge on any atom is -0.497 e. The van der Waals surface area contributed by atoms with Crippen molar-refractivity contribution in [3.63, 3.8) is 0 Å². The number of ether oxygens (including phenoxy) is 2. The minimum atomic E-state index is 0.514. The van der Waals surface area contributed by atoms with Crippen molar-refractivity contribution in [2.45, 2.75) is 6.42 Å². The van der Waals surface area contributed by atoms with Crippen LogP contribution in [-0.4, -0.2) is 20.0 Å². The summed E-state index contributed by atoms with van der Waals surface area (Å²) in [5.41, 5.74) is 0.514. The third-order valence-corrected chi connectivity index (χ3v) is 3.47. The predicted octanol–water partition coefficient (Wildman–Crippen LogP) is 3.19. The first-order valence-corrected chi connectivity index (χ1v) is 6.50. The first-order chi connectivity index (χ1) is 8.83. The maximum atomic E-state index is 11.0. The fourth-order valence-corrected chi connectivity index (χ4v) is 2.28. The van der Waals surface area contributed by atoms with E-state index in [2.05, 4.69) is 6.07 Å². The summed E-state index contributed by atoms with van der Waals surface area (Å²) in [6, 6.07) is 9.31. The highest BCUT2D eigenvalue weighted by Gasteiger charge is 2.05. The zero-order valence-electron chi connectivity index (χ0n) is 10.1. The number of benzene rings is 1. The smallest absolute Gasteiger partial charge is 0.153 e. The van der Waals surface area contributed by atoms with E-state index in [0.717, 1.165) is 12.7 Å². The van der Waals surface area contributed by atoms with Gasteiger partial charge in [-0.1, -0.05) is 6.07 Å². The first-order valence-electron chi connectivity index (χ1n) is 5.62. The topological polar surface area (TPSA) is 35.5 Å². The molecule has 0 aliphatic heterocycles. The van der Waals surface area contributed by atoms with Crippen LogP contribution in [0.25, 0.3) is 0 Å². The van der Waals surface area contributed by atoms with E-state index < -0.39 is 0 Å². The zero-order chi connectivity index (χ0) is 12.8. The molecule has 94 valence electrons. The van der Waals surface area contributed by atoms with Gasteiger partial charge >= 0.3 is 0 Å². The number of thiophene rings is 1. The third-order valence-electron chi connectivity index (χ3n) is 2.53. The molecule has 4 heteroatoms. The molecule has 0 aliphatic rings. The summed E-state index contributed by atoms with van der Waals surface area (Å²) in [6.45, 7) is 0.563. The van der Waals surface area contributed by atoms with Crippen LogP contribution in [0.2, 0.25) is 0 Å². The molecule has 0 bridgehead atoms. The molecule has 2 rings (SSSR count). The van der Waals surface area contributed by atoms with Crippen LogP contribution in [0.1, 0.15) is 15.2 Å². The van der Waals surface area contributed by atoms with Gasteiger partial charge in [0.05, 0.1) is 19.3 Å². The van der Waals surface area contributed by atoms with E-state index in [1.165, 1.54) is 4.88 Å². The second-order valence-electron chi connectivity index (χ2n) is 3.70. The fraction of sp³-hybridized carbons (Fsp3) is 0.214. The number of carbonyl (C=O) groups is 1. The normalized spacial score (nSPS) is 10.1. The Morgan fingerprint density at radius 2 is 2.22 bits per heavy atom. The molecule has 0 saturated heterocycles. The first kappa shape index (κ1) is 12.6. The van der Waals surface area contributed by atoms with Gasteiger partial charge in [-0.15, -0.1) is 11.3 Å². The monoisotopic (exact) mass is 262 g/mol. The van der Waals surface area contributed by atoms with Gasteiger partial charge in [0.25, 0.3) is 0 Å². The van der Waals surface area contributed by atoms with Crippen molar-refractivity contribution in [1.29, 1.82) is 0 Å². The molecule has 0 saturated carbocycles. The summed E-state index contributed by atoms with van der Waals surface area (Å²) in [7, 11) is 1.57. The van der Waals surface area contributed by atoms with E-state index >= 15 is 0 Å². The predicted molar refractivity (Wildman–Crippen MR) is 71.9 cm³/mol. The number of rotatable bonds is 6. The van der Waals surface area contributed by atoms with Crippen LogP contribution in [0.4, 0.5) is 0 Å². The Morgan fingerprint density at radius 3 is 2.89 bits per heavy atom. The fourth-order valence-electron chi connectivity index (χ4n) is 1.59. The van der Waals surface area contributed by atoms with E-state index in [9.17, 15) is 4.79 Å². The summed E-state index contributed by atoms with van der Waals surface area (Å²) in [4.78, 5) is 12.2.